The van der Waals surface area contributed by atoms with Crippen molar-refractivity contribution in [2.24, 2.45) is 0 Å². The minimum atomic E-state index is 0.607. The van der Waals surface area contributed by atoms with E-state index < -0.39 is 0 Å². The maximum absolute atomic E-state index is 3.54. The largest absolute Gasteiger partial charge is 0.310 e. The molecule has 1 aliphatic heterocycles. The third-order valence-electron chi connectivity index (χ3n) is 3.58. The molecule has 1 heterocycles. The summed E-state index contributed by atoms with van der Waals surface area (Å²) in [5.74, 6) is 0.690. The van der Waals surface area contributed by atoms with Crippen molar-refractivity contribution in [1.29, 1.82) is 0 Å². The molecule has 0 spiro atoms. The first-order chi connectivity index (χ1) is 7.31. The Morgan fingerprint density at radius 3 is 2.60 bits per heavy atom. The molecule has 82 valence electrons. The van der Waals surface area contributed by atoms with Crippen LogP contribution in [0.4, 0.5) is 0 Å². The lowest BCUT2D eigenvalue weighted by Gasteiger charge is -2.13. The van der Waals surface area contributed by atoms with Gasteiger partial charge in [-0.05, 0) is 42.9 Å². The third-order valence-corrected chi connectivity index (χ3v) is 3.58. The Labute approximate surface area is 92.9 Å². The smallest absolute Gasteiger partial charge is 0.0320 e. The summed E-state index contributed by atoms with van der Waals surface area (Å²) >= 11 is 0. The van der Waals surface area contributed by atoms with Crippen molar-refractivity contribution >= 4 is 0 Å². The summed E-state index contributed by atoms with van der Waals surface area (Å²) in [5.41, 5.74) is 2.93. The lowest BCUT2D eigenvalue weighted by Crippen LogP contribution is -2.12. The second kappa shape index (κ2) is 4.80. The van der Waals surface area contributed by atoms with Crippen LogP contribution in [0.25, 0.3) is 0 Å². The maximum atomic E-state index is 3.54. The van der Waals surface area contributed by atoms with E-state index in [1.165, 1.54) is 36.9 Å². The Balaban J connectivity index is 2.09. The van der Waals surface area contributed by atoms with E-state index in [0.717, 1.165) is 0 Å². The Morgan fingerprint density at radius 1 is 1.33 bits per heavy atom. The molecule has 2 rings (SSSR count). The van der Waals surface area contributed by atoms with E-state index >= 15 is 0 Å². The summed E-state index contributed by atoms with van der Waals surface area (Å²) in [7, 11) is 0. The summed E-state index contributed by atoms with van der Waals surface area (Å²) in [5, 5.41) is 3.54. The molecular weight excluding hydrogens is 182 g/mol. The molecule has 1 aliphatic rings. The van der Waals surface area contributed by atoms with Gasteiger partial charge in [-0.2, -0.15) is 0 Å². The van der Waals surface area contributed by atoms with Crippen molar-refractivity contribution in [3.05, 3.63) is 35.4 Å². The first-order valence-corrected chi connectivity index (χ1v) is 6.14. The van der Waals surface area contributed by atoms with Crippen molar-refractivity contribution in [3.63, 3.8) is 0 Å². The molecule has 1 N–H and O–H groups in total. The van der Waals surface area contributed by atoms with E-state index in [9.17, 15) is 0 Å². The molecule has 1 saturated heterocycles. The average Bonchev–Trinajstić information content (AvgIpc) is 2.82. The average molecular weight is 203 g/mol. The molecule has 0 aliphatic carbocycles. The lowest BCUT2D eigenvalue weighted by atomic mass is 9.96. The molecule has 1 heteroatoms. The standard InChI is InChI=1S/C14H21N/c1-3-11(2)12-6-8-13(9-7-12)14-5-4-10-15-14/h6-9,11,14-15H,3-5,10H2,1-2H3. The van der Waals surface area contributed by atoms with Gasteiger partial charge in [0, 0.05) is 6.04 Å². The second-order valence-corrected chi connectivity index (χ2v) is 4.62. The molecule has 0 amide bonds. The normalized spacial score (nSPS) is 22.9. The minimum absolute atomic E-state index is 0.607. The van der Waals surface area contributed by atoms with Crippen LogP contribution < -0.4 is 5.32 Å². The van der Waals surface area contributed by atoms with Gasteiger partial charge in [0.05, 0.1) is 0 Å². The molecule has 0 saturated carbocycles. The number of hydrogen-bond acceptors (Lipinski definition) is 1. The van der Waals surface area contributed by atoms with Crippen molar-refractivity contribution < 1.29 is 0 Å². The summed E-state index contributed by atoms with van der Waals surface area (Å²) in [4.78, 5) is 0. The Morgan fingerprint density at radius 2 is 2.07 bits per heavy atom. The Kier molecular flexibility index (Phi) is 3.42. The van der Waals surface area contributed by atoms with E-state index in [0.29, 0.717) is 12.0 Å². The number of benzene rings is 1. The summed E-state index contributed by atoms with van der Waals surface area (Å²) < 4.78 is 0. The highest BCUT2D eigenvalue weighted by Gasteiger charge is 2.15. The van der Waals surface area contributed by atoms with Gasteiger partial charge in [-0.25, -0.2) is 0 Å². The van der Waals surface area contributed by atoms with Crippen LogP contribution in [0.3, 0.4) is 0 Å². The molecule has 0 radical (unpaired) electrons. The van der Waals surface area contributed by atoms with Gasteiger partial charge in [0.25, 0.3) is 0 Å². The highest BCUT2D eigenvalue weighted by Crippen LogP contribution is 2.25. The van der Waals surface area contributed by atoms with Crippen LogP contribution >= 0.6 is 0 Å². The van der Waals surface area contributed by atoms with Crippen molar-refractivity contribution in [3.8, 4) is 0 Å². The monoisotopic (exact) mass is 203 g/mol. The maximum Gasteiger partial charge on any atom is 0.0320 e. The van der Waals surface area contributed by atoms with E-state index in [1.807, 2.05) is 0 Å². The van der Waals surface area contributed by atoms with E-state index in [2.05, 4.69) is 43.4 Å². The van der Waals surface area contributed by atoms with Crippen LogP contribution in [0.15, 0.2) is 24.3 Å². The van der Waals surface area contributed by atoms with Crippen LogP contribution in [-0.4, -0.2) is 6.54 Å². The predicted octanol–water partition coefficient (Wildman–Crippen LogP) is 3.62. The van der Waals surface area contributed by atoms with Crippen LogP contribution in [0.1, 0.15) is 56.2 Å². The molecule has 2 atom stereocenters. The highest BCUT2D eigenvalue weighted by molar-refractivity contribution is 5.27. The zero-order valence-electron chi connectivity index (χ0n) is 9.79. The molecular formula is C14H21N. The van der Waals surface area contributed by atoms with Crippen LogP contribution in [0.5, 0.6) is 0 Å². The van der Waals surface area contributed by atoms with E-state index in [1.54, 1.807) is 0 Å². The lowest BCUT2D eigenvalue weighted by molar-refractivity contribution is 0.646. The van der Waals surface area contributed by atoms with Gasteiger partial charge in [0.1, 0.15) is 0 Å². The van der Waals surface area contributed by atoms with Gasteiger partial charge in [-0.15, -0.1) is 0 Å². The quantitative estimate of drug-likeness (QED) is 0.791. The first-order valence-electron chi connectivity index (χ1n) is 6.14. The van der Waals surface area contributed by atoms with Gasteiger partial charge in [-0.3, -0.25) is 0 Å². The number of nitrogens with one attached hydrogen (secondary N) is 1. The van der Waals surface area contributed by atoms with Gasteiger partial charge in [0.2, 0.25) is 0 Å². The SMILES string of the molecule is CCC(C)c1ccc(C2CCCN2)cc1. The van der Waals surface area contributed by atoms with Crippen molar-refractivity contribution in [2.45, 2.75) is 45.1 Å². The molecule has 0 bridgehead atoms. The van der Waals surface area contributed by atoms with Crippen LogP contribution in [0, 0.1) is 0 Å². The molecule has 2 unspecified atom stereocenters. The molecule has 1 fully saturated rings. The van der Waals surface area contributed by atoms with Gasteiger partial charge in [-0.1, -0.05) is 38.1 Å². The molecule has 1 nitrogen and oxygen atoms in total. The molecule has 0 aromatic heterocycles. The molecule has 15 heavy (non-hydrogen) atoms. The van der Waals surface area contributed by atoms with E-state index in [4.69, 9.17) is 0 Å². The van der Waals surface area contributed by atoms with Crippen LogP contribution in [-0.2, 0) is 0 Å². The van der Waals surface area contributed by atoms with Crippen molar-refractivity contribution in [1.82, 2.24) is 5.32 Å². The Hall–Kier alpha value is -0.820. The zero-order valence-corrected chi connectivity index (χ0v) is 9.79. The topological polar surface area (TPSA) is 12.0 Å². The van der Waals surface area contributed by atoms with Crippen LogP contribution in [0.2, 0.25) is 0 Å². The van der Waals surface area contributed by atoms with Gasteiger partial charge >= 0.3 is 0 Å². The van der Waals surface area contributed by atoms with Crippen molar-refractivity contribution in [2.75, 3.05) is 6.54 Å². The molecule has 1 aromatic carbocycles. The zero-order chi connectivity index (χ0) is 10.7. The summed E-state index contributed by atoms with van der Waals surface area (Å²) in [6.45, 7) is 5.72. The minimum Gasteiger partial charge on any atom is -0.310 e. The predicted molar refractivity (Wildman–Crippen MR) is 65.1 cm³/mol. The fraction of sp³-hybridized carbons (Fsp3) is 0.571. The second-order valence-electron chi connectivity index (χ2n) is 4.62. The highest BCUT2D eigenvalue weighted by atomic mass is 14.9. The molecule has 1 aromatic rings. The fourth-order valence-electron chi connectivity index (χ4n) is 2.26. The fourth-order valence-corrected chi connectivity index (χ4v) is 2.26. The Bertz CT molecular complexity index is 296. The number of hydrogen-bond donors (Lipinski definition) is 1. The third kappa shape index (κ3) is 2.40. The first kappa shape index (κ1) is 10.7. The van der Waals surface area contributed by atoms with Gasteiger partial charge < -0.3 is 5.32 Å². The number of rotatable bonds is 3. The summed E-state index contributed by atoms with van der Waals surface area (Å²) in [6.07, 6.45) is 3.83. The van der Waals surface area contributed by atoms with Gasteiger partial charge in [0.15, 0.2) is 0 Å². The summed E-state index contributed by atoms with van der Waals surface area (Å²) in [6, 6.07) is 9.79. The van der Waals surface area contributed by atoms with E-state index in [-0.39, 0.29) is 0 Å².